The first-order valence-electron chi connectivity index (χ1n) is 7.23. The molecule has 0 unspecified atom stereocenters. The Kier molecular flexibility index (Phi) is 19.8. The summed E-state index contributed by atoms with van der Waals surface area (Å²) in [6.45, 7) is 15.7. The van der Waals surface area contributed by atoms with Crippen molar-refractivity contribution in [3.05, 3.63) is 0 Å². The first-order chi connectivity index (χ1) is 7.93. The van der Waals surface area contributed by atoms with Gasteiger partial charge < -0.3 is 9.64 Å². The average molecular weight is 231 g/mol. The minimum absolute atomic E-state index is 0.861. The highest BCUT2D eigenvalue weighted by Gasteiger charge is 2.08. The second-order valence-electron chi connectivity index (χ2n) is 3.45. The summed E-state index contributed by atoms with van der Waals surface area (Å²) < 4.78 is 5.30. The first kappa shape index (κ1) is 18.3. The van der Waals surface area contributed by atoms with E-state index >= 15 is 0 Å². The smallest absolute Gasteiger partial charge is 0.0478 e. The van der Waals surface area contributed by atoms with Gasteiger partial charge in [-0.2, -0.15) is 0 Å². The normalized spacial score (nSPS) is 15.6. The Morgan fingerprint density at radius 2 is 1.50 bits per heavy atom. The molecule has 100 valence electrons. The minimum atomic E-state index is 0.861. The Labute approximate surface area is 103 Å². The van der Waals surface area contributed by atoms with Gasteiger partial charge in [0, 0.05) is 19.8 Å². The van der Waals surface area contributed by atoms with Crippen LogP contribution in [-0.2, 0) is 4.74 Å². The summed E-state index contributed by atoms with van der Waals surface area (Å²) in [6.07, 6.45) is 5.43. The fourth-order valence-corrected chi connectivity index (χ4v) is 1.72. The molecule has 2 heteroatoms. The van der Waals surface area contributed by atoms with E-state index in [4.69, 9.17) is 4.74 Å². The Bertz CT molecular complexity index is 101. The average Bonchev–Trinajstić information content (AvgIpc) is 2.41. The van der Waals surface area contributed by atoms with Crippen molar-refractivity contribution >= 4 is 0 Å². The monoisotopic (exact) mass is 231 g/mol. The van der Waals surface area contributed by atoms with Gasteiger partial charge in [-0.05, 0) is 39.3 Å². The summed E-state index contributed by atoms with van der Waals surface area (Å²) in [4.78, 5) is 2.56. The third kappa shape index (κ3) is 12.0. The molecule has 1 aliphatic rings. The Morgan fingerprint density at radius 3 is 2.00 bits per heavy atom. The van der Waals surface area contributed by atoms with Crippen molar-refractivity contribution in [3.63, 3.8) is 0 Å². The van der Waals surface area contributed by atoms with E-state index < -0.39 is 0 Å². The molecule has 0 amide bonds. The molecular weight excluding hydrogens is 198 g/mol. The predicted molar refractivity (Wildman–Crippen MR) is 74.1 cm³/mol. The molecule has 0 aromatic carbocycles. The summed E-state index contributed by atoms with van der Waals surface area (Å²) >= 11 is 0. The lowest BCUT2D eigenvalue weighted by atomic mass is 10.1. The third-order valence-corrected chi connectivity index (χ3v) is 2.42. The number of likely N-dealkylation sites (tertiary alicyclic amines) is 1. The molecule has 1 saturated heterocycles. The van der Waals surface area contributed by atoms with Crippen molar-refractivity contribution in [2.45, 2.75) is 60.3 Å². The second-order valence-corrected chi connectivity index (χ2v) is 3.45. The van der Waals surface area contributed by atoms with E-state index in [9.17, 15) is 0 Å². The summed E-state index contributed by atoms with van der Waals surface area (Å²) in [5.74, 6) is 0. The number of rotatable bonds is 5. The van der Waals surface area contributed by atoms with Crippen LogP contribution < -0.4 is 0 Å². The second kappa shape index (κ2) is 17.3. The summed E-state index contributed by atoms with van der Waals surface area (Å²) in [7, 11) is 0. The number of hydrogen-bond acceptors (Lipinski definition) is 2. The van der Waals surface area contributed by atoms with Crippen molar-refractivity contribution in [2.75, 3.05) is 32.8 Å². The molecule has 0 atom stereocenters. The summed E-state index contributed by atoms with van der Waals surface area (Å²) in [6, 6.07) is 0. The number of ether oxygens (including phenoxy) is 1. The maximum atomic E-state index is 5.30. The summed E-state index contributed by atoms with van der Waals surface area (Å²) in [5.41, 5.74) is 0. The van der Waals surface area contributed by atoms with Gasteiger partial charge in [-0.1, -0.05) is 34.1 Å². The van der Waals surface area contributed by atoms with Gasteiger partial charge in [-0.3, -0.25) is 0 Å². The van der Waals surface area contributed by atoms with Crippen molar-refractivity contribution in [2.24, 2.45) is 0 Å². The van der Waals surface area contributed by atoms with E-state index in [0.29, 0.717) is 0 Å². The van der Waals surface area contributed by atoms with Crippen LogP contribution in [0.3, 0.4) is 0 Å². The van der Waals surface area contributed by atoms with E-state index in [-0.39, 0.29) is 0 Å². The van der Waals surface area contributed by atoms with Crippen LogP contribution in [0.4, 0.5) is 0 Å². The molecule has 16 heavy (non-hydrogen) atoms. The van der Waals surface area contributed by atoms with E-state index in [1.54, 1.807) is 0 Å². The van der Waals surface area contributed by atoms with E-state index in [1.807, 2.05) is 27.7 Å². The van der Waals surface area contributed by atoms with Crippen LogP contribution in [0.1, 0.15) is 60.3 Å². The molecule has 0 aromatic heterocycles. The van der Waals surface area contributed by atoms with Crippen LogP contribution in [0.2, 0.25) is 0 Å². The van der Waals surface area contributed by atoms with Gasteiger partial charge in [0.25, 0.3) is 0 Å². The zero-order chi connectivity index (χ0) is 12.6. The standard InChI is InChI=1S/C10H21NO.2C2H6/c1-2-12-10-6-9-11-7-4-3-5-8-11;2*1-2/h2-10H2,1H3;2*1-2H3. The van der Waals surface area contributed by atoms with Crippen molar-refractivity contribution in [1.82, 2.24) is 4.90 Å². The van der Waals surface area contributed by atoms with Crippen LogP contribution in [0.15, 0.2) is 0 Å². The highest BCUT2D eigenvalue weighted by Crippen LogP contribution is 2.08. The molecule has 0 bridgehead atoms. The molecule has 0 spiro atoms. The highest BCUT2D eigenvalue weighted by atomic mass is 16.5. The Morgan fingerprint density at radius 1 is 0.938 bits per heavy atom. The lowest BCUT2D eigenvalue weighted by molar-refractivity contribution is 0.127. The Balaban J connectivity index is 0. The molecule has 0 N–H and O–H groups in total. The Hall–Kier alpha value is -0.0800. The highest BCUT2D eigenvalue weighted by molar-refractivity contribution is 4.63. The molecule has 0 radical (unpaired) electrons. The topological polar surface area (TPSA) is 12.5 Å². The van der Waals surface area contributed by atoms with Gasteiger partial charge in [-0.25, -0.2) is 0 Å². The quantitative estimate of drug-likeness (QED) is 0.664. The largest absolute Gasteiger partial charge is 0.382 e. The van der Waals surface area contributed by atoms with Crippen molar-refractivity contribution in [1.29, 1.82) is 0 Å². The molecular formula is C14H33NO. The van der Waals surface area contributed by atoms with Gasteiger partial charge in [-0.15, -0.1) is 0 Å². The zero-order valence-corrected chi connectivity index (χ0v) is 12.2. The number of nitrogens with zero attached hydrogens (tertiary/aromatic N) is 1. The first-order valence-corrected chi connectivity index (χ1v) is 7.23. The molecule has 0 aromatic rings. The third-order valence-electron chi connectivity index (χ3n) is 2.42. The molecule has 1 fully saturated rings. The lowest BCUT2D eigenvalue weighted by Gasteiger charge is -2.26. The predicted octanol–water partition coefficient (Wildman–Crippen LogP) is 3.95. The van der Waals surface area contributed by atoms with Crippen LogP contribution in [0.5, 0.6) is 0 Å². The van der Waals surface area contributed by atoms with E-state index in [2.05, 4.69) is 11.8 Å². The van der Waals surface area contributed by atoms with Gasteiger partial charge in [0.05, 0.1) is 0 Å². The fraction of sp³-hybridized carbons (Fsp3) is 1.00. The molecule has 2 nitrogen and oxygen atoms in total. The lowest BCUT2D eigenvalue weighted by Crippen LogP contribution is -2.31. The van der Waals surface area contributed by atoms with Gasteiger partial charge in [0.2, 0.25) is 0 Å². The van der Waals surface area contributed by atoms with Gasteiger partial charge >= 0.3 is 0 Å². The molecule has 1 rings (SSSR count). The van der Waals surface area contributed by atoms with Gasteiger partial charge in [0.1, 0.15) is 0 Å². The molecule has 1 aliphatic heterocycles. The molecule has 0 saturated carbocycles. The minimum Gasteiger partial charge on any atom is -0.382 e. The van der Waals surface area contributed by atoms with Crippen LogP contribution >= 0.6 is 0 Å². The summed E-state index contributed by atoms with van der Waals surface area (Å²) in [5, 5.41) is 0. The van der Waals surface area contributed by atoms with Crippen LogP contribution in [0, 0.1) is 0 Å². The fourth-order valence-electron chi connectivity index (χ4n) is 1.72. The number of piperidine rings is 1. The maximum absolute atomic E-state index is 5.30. The SMILES string of the molecule is CC.CC.CCOCCCN1CCCCC1. The van der Waals surface area contributed by atoms with Gasteiger partial charge in [0.15, 0.2) is 0 Å². The molecule has 0 aliphatic carbocycles. The van der Waals surface area contributed by atoms with E-state index in [0.717, 1.165) is 13.2 Å². The van der Waals surface area contributed by atoms with E-state index in [1.165, 1.54) is 45.3 Å². The van der Waals surface area contributed by atoms with Crippen LogP contribution in [0.25, 0.3) is 0 Å². The van der Waals surface area contributed by atoms with Crippen LogP contribution in [-0.4, -0.2) is 37.7 Å². The molecule has 1 heterocycles. The maximum Gasteiger partial charge on any atom is 0.0478 e. The zero-order valence-electron chi connectivity index (χ0n) is 12.2. The number of hydrogen-bond donors (Lipinski definition) is 0. The van der Waals surface area contributed by atoms with Crippen molar-refractivity contribution < 1.29 is 4.74 Å². The van der Waals surface area contributed by atoms with Crippen molar-refractivity contribution in [3.8, 4) is 0 Å².